The van der Waals surface area contributed by atoms with Crippen molar-refractivity contribution >= 4 is 23.2 Å². The zero-order valence-corrected chi connectivity index (χ0v) is 19.6. The fraction of sp³-hybridized carbons (Fsp3) is 0.292. The lowest BCUT2D eigenvalue weighted by Crippen LogP contribution is -2.29. The highest BCUT2D eigenvalue weighted by Crippen LogP contribution is 2.36. The number of alkyl halides is 6. The number of nitrogens with one attached hydrogen (secondary N) is 1. The standard InChI is InChI=1S/C24H20ClF6N5/c1-14-3-2-4-17-5-16(9-32-20(14)17)11-36(22-34-13-33-21(25)35-22)10-15-6-18(23(27,28)12-26)8-19(7-15)24(29,30)31/h2-4,6-9,13,32H,5,10-12H2,1H3. The van der Waals surface area contributed by atoms with Crippen LogP contribution in [0.4, 0.5) is 38.0 Å². The number of aromatic nitrogens is 3. The van der Waals surface area contributed by atoms with Crippen LogP contribution in [0.15, 0.2) is 54.5 Å². The zero-order valence-electron chi connectivity index (χ0n) is 18.9. The molecular weight excluding hydrogens is 508 g/mol. The maximum absolute atomic E-state index is 14.1. The van der Waals surface area contributed by atoms with Crippen LogP contribution in [-0.2, 0) is 25.1 Å². The predicted molar refractivity (Wildman–Crippen MR) is 124 cm³/mol. The van der Waals surface area contributed by atoms with Gasteiger partial charge in [0.05, 0.1) is 5.56 Å². The largest absolute Gasteiger partial charge is 0.416 e. The second kappa shape index (κ2) is 9.96. The number of anilines is 2. The van der Waals surface area contributed by atoms with Crippen LogP contribution in [0.25, 0.3) is 0 Å². The third kappa shape index (κ3) is 5.72. The maximum Gasteiger partial charge on any atom is 0.416 e. The van der Waals surface area contributed by atoms with Gasteiger partial charge in [0.1, 0.15) is 6.33 Å². The molecule has 1 aliphatic rings. The summed E-state index contributed by atoms with van der Waals surface area (Å²) < 4.78 is 81.5. The van der Waals surface area contributed by atoms with Gasteiger partial charge in [0.25, 0.3) is 0 Å². The number of nitrogens with zero attached hydrogens (tertiary/aromatic N) is 4. The van der Waals surface area contributed by atoms with Crippen molar-refractivity contribution in [3.8, 4) is 0 Å². The Morgan fingerprint density at radius 1 is 1.03 bits per heavy atom. The minimum absolute atomic E-state index is 0.0437. The summed E-state index contributed by atoms with van der Waals surface area (Å²) in [6.45, 7) is -0.302. The molecule has 0 atom stereocenters. The molecule has 0 amide bonds. The normalized spacial score (nSPS) is 13.6. The number of fused-ring (bicyclic) bond motifs is 1. The van der Waals surface area contributed by atoms with Gasteiger partial charge in [-0.15, -0.1) is 0 Å². The highest BCUT2D eigenvalue weighted by atomic mass is 35.5. The van der Waals surface area contributed by atoms with Gasteiger partial charge in [-0.3, -0.25) is 0 Å². The van der Waals surface area contributed by atoms with Crippen LogP contribution in [0.5, 0.6) is 0 Å². The summed E-state index contributed by atoms with van der Waals surface area (Å²) in [5, 5.41) is 3.08. The highest BCUT2D eigenvalue weighted by Gasteiger charge is 2.37. The van der Waals surface area contributed by atoms with Gasteiger partial charge >= 0.3 is 12.1 Å². The maximum atomic E-state index is 14.1. The SMILES string of the molecule is Cc1cccc2c1NC=C(CN(Cc1cc(C(F)(F)F)cc(C(F)(F)CF)c1)c1ncnc(Cl)n1)C2. The molecule has 0 saturated heterocycles. The molecule has 12 heteroatoms. The summed E-state index contributed by atoms with van der Waals surface area (Å²) in [6.07, 6.45) is -1.46. The van der Waals surface area contributed by atoms with Crippen molar-refractivity contribution in [1.29, 1.82) is 0 Å². The van der Waals surface area contributed by atoms with Crippen LogP contribution in [0.2, 0.25) is 5.28 Å². The molecule has 0 bridgehead atoms. The van der Waals surface area contributed by atoms with Gasteiger partial charge in [-0.2, -0.15) is 26.9 Å². The minimum atomic E-state index is -4.91. The van der Waals surface area contributed by atoms with E-state index in [-0.39, 0.29) is 36.0 Å². The first-order chi connectivity index (χ1) is 17.0. The van der Waals surface area contributed by atoms with E-state index in [1.54, 1.807) is 6.20 Å². The van der Waals surface area contributed by atoms with Crippen molar-refractivity contribution in [2.24, 2.45) is 0 Å². The number of rotatable bonds is 7. The second-order valence-corrected chi connectivity index (χ2v) is 8.74. The van der Waals surface area contributed by atoms with Gasteiger partial charge in [0, 0.05) is 30.5 Å². The topological polar surface area (TPSA) is 53.9 Å². The molecule has 0 fully saturated rings. The van der Waals surface area contributed by atoms with Crippen molar-refractivity contribution in [1.82, 2.24) is 15.0 Å². The Labute approximate surface area is 207 Å². The molecule has 3 aromatic rings. The average Bonchev–Trinajstić information content (AvgIpc) is 2.83. The Bertz CT molecular complexity index is 1290. The molecule has 1 aromatic heterocycles. The van der Waals surface area contributed by atoms with Gasteiger partial charge in [-0.05, 0) is 65.4 Å². The lowest BCUT2D eigenvalue weighted by atomic mass is 9.97. The van der Waals surface area contributed by atoms with E-state index in [0.717, 1.165) is 40.8 Å². The lowest BCUT2D eigenvalue weighted by molar-refractivity contribution is -0.137. The number of hydrogen-bond donors (Lipinski definition) is 1. The monoisotopic (exact) mass is 527 g/mol. The molecule has 0 saturated carbocycles. The summed E-state index contributed by atoms with van der Waals surface area (Å²) in [6, 6.07) is 7.70. The van der Waals surface area contributed by atoms with Crippen LogP contribution in [0.1, 0.15) is 27.8 Å². The van der Waals surface area contributed by atoms with Crippen LogP contribution in [-0.4, -0.2) is 28.2 Å². The van der Waals surface area contributed by atoms with E-state index in [1.807, 2.05) is 25.1 Å². The molecular formula is C24H20ClF6N5. The van der Waals surface area contributed by atoms with Crippen LogP contribution in [0, 0.1) is 6.92 Å². The van der Waals surface area contributed by atoms with E-state index in [0.29, 0.717) is 6.42 Å². The van der Waals surface area contributed by atoms with Gasteiger partial charge in [-0.1, -0.05) is 18.2 Å². The summed E-state index contributed by atoms with van der Waals surface area (Å²) in [5.74, 6) is -4.03. The molecule has 36 heavy (non-hydrogen) atoms. The van der Waals surface area contributed by atoms with E-state index >= 15 is 0 Å². The van der Waals surface area contributed by atoms with Crippen molar-refractivity contribution in [2.45, 2.75) is 32.0 Å². The molecule has 0 spiro atoms. The first-order valence-corrected chi connectivity index (χ1v) is 11.1. The number of aryl methyl sites for hydroxylation is 1. The fourth-order valence-corrected chi connectivity index (χ4v) is 4.09. The van der Waals surface area contributed by atoms with Gasteiger partial charge in [-0.25, -0.2) is 14.4 Å². The second-order valence-electron chi connectivity index (χ2n) is 8.40. The summed E-state index contributed by atoms with van der Waals surface area (Å²) in [7, 11) is 0. The molecule has 0 aliphatic carbocycles. The first kappa shape index (κ1) is 25.7. The average molecular weight is 528 g/mol. The lowest BCUT2D eigenvalue weighted by Gasteiger charge is -2.27. The number of para-hydroxylation sites is 1. The molecule has 5 nitrogen and oxygen atoms in total. The summed E-state index contributed by atoms with van der Waals surface area (Å²) >= 11 is 5.90. The van der Waals surface area contributed by atoms with Gasteiger partial charge < -0.3 is 10.2 Å². The van der Waals surface area contributed by atoms with E-state index < -0.39 is 29.9 Å². The Balaban J connectivity index is 1.70. The van der Waals surface area contributed by atoms with Crippen molar-refractivity contribution in [2.75, 3.05) is 23.4 Å². The predicted octanol–water partition coefficient (Wildman–Crippen LogP) is 6.47. The molecule has 4 rings (SSSR count). The Hall–Kier alpha value is -3.34. The van der Waals surface area contributed by atoms with Crippen LogP contribution >= 0.6 is 11.6 Å². The van der Waals surface area contributed by atoms with Crippen molar-refractivity contribution in [3.63, 3.8) is 0 Å². The fourth-order valence-electron chi connectivity index (χ4n) is 3.97. The molecule has 2 heterocycles. The van der Waals surface area contributed by atoms with Crippen LogP contribution in [0.3, 0.4) is 0 Å². The Kier molecular flexibility index (Phi) is 7.12. The Morgan fingerprint density at radius 3 is 2.47 bits per heavy atom. The smallest absolute Gasteiger partial charge is 0.361 e. The third-order valence-electron chi connectivity index (χ3n) is 5.69. The molecule has 0 unspecified atom stereocenters. The van der Waals surface area contributed by atoms with E-state index in [2.05, 4.69) is 20.3 Å². The number of hydrogen-bond acceptors (Lipinski definition) is 5. The summed E-state index contributed by atoms with van der Waals surface area (Å²) in [5.41, 5.74) is 1.38. The Morgan fingerprint density at radius 2 is 1.78 bits per heavy atom. The molecule has 1 N–H and O–H groups in total. The molecule has 190 valence electrons. The summed E-state index contributed by atoms with van der Waals surface area (Å²) in [4.78, 5) is 13.3. The molecule has 2 aromatic carbocycles. The zero-order chi connectivity index (χ0) is 26.1. The highest BCUT2D eigenvalue weighted by molar-refractivity contribution is 6.28. The van der Waals surface area contributed by atoms with E-state index in [9.17, 15) is 26.3 Å². The molecule has 0 radical (unpaired) electrons. The number of benzene rings is 2. The third-order valence-corrected chi connectivity index (χ3v) is 5.87. The number of halogens is 7. The van der Waals surface area contributed by atoms with Crippen LogP contribution < -0.4 is 10.2 Å². The van der Waals surface area contributed by atoms with E-state index in [1.165, 1.54) is 4.90 Å². The van der Waals surface area contributed by atoms with Crippen molar-refractivity contribution < 1.29 is 26.3 Å². The van der Waals surface area contributed by atoms with E-state index in [4.69, 9.17) is 11.6 Å². The van der Waals surface area contributed by atoms with Crippen molar-refractivity contribution in [3.05, 3.63) is 87.6 Å². The first-order valence-electron chi connectivity index (χ1n) is 10.7. The quantitative estimate of drug-likeness (QED) is 0.357. The molecule has 1 aliphatic heterocycles. The minimum Gasteiger partial charge on any atom is -0.361 e. The van der Waals surface area contributed by atoms with Gasteiger partial charge in [0.2, 0.25) is 11.2 Å². The van der Waals surface area contributed by atoms with Gasteiger partial charge in [0.15, 0.2) is 6.67 Å².